The van der Waals surface area contributed by atoms with E-state index in [4.69, 9.17) is 4.84 Å². The predicted octanol–water partition coefficient (Wildman–Crippen LogP) is 3.69. The minimum Gasteiger partial charge on any atom is -0.266 e. The highest BCUT2D eigenvalue weighted by molar-refractivity contribution is 7.89. The first kappa shape index (κ1) is 17.9. The van der Waals surface area contributed by atoms with E-state index in [9.17, 15) is 8.42 Å². The second-order valence-electron chi connectivity index (χ2n) is 5.44. The van der Waals surface area contributed by atoms with E-state index in [1.165, 1.54) is 12.1 Å². The van der Waals surface area contributed by atoms with Crippen LogP contribution in [0.5, 0.6) is 0 Å². The molecule has 0 spiro atoms. The van der Waals surface area contributed by atoms with Gasteiger partial charge in [0.1, 0.15) is 0 Å². The molecule has 0 aliphatic rings. The smallest absolute Gasteiger partial charge is 0.262 e. The molecule has 4 nitrogen and oxygen atoms in total. The highest BCUT2D eigenvalue weighted by atomic mass is 32.2. The largest absolute Gasteiger partial charge is 0.266 e. The lowest BCUT2D eigenvalue weighted by Crippen LogP contribution is -2.26. The maximum atomic E-state index is 12.4. The van der Waals surface area contributed by atoms with Crippen molar-refractivity contribution in [2.75, 3.05) is 0 Å². The molecule has 3 aromatic rings. The molecule has 0 aliphatic heterocycles. The van der Waals surface area contributed by atoms with Crippen LogP contribution in [0, 0.1) is 11.8 Å². The number of benzene rings is 3. The molecule has 0 radical (unpaired) electrons. The third kappa shape index (κ3) is 4.80. The molecule has 26 heavy (non-hydrogen) atoms. The summed E-state index contributed by atoms with van der Waals surface area (Å²) in [6.45, 7) is 0. The Balaban J connectivity index is 1.82. The summed E-state index contributed by atoms with van der Waals surface area (Å²) in [7, 11) is -3.79. The van der Waals surface area contributed by atoms with Crippen molar-refractivity contribution in [1.29, 1.82) is 0 Å². The third-order valence-electron chi connectivity index (χ3n) is 3.55. The van der Waals surface area contributed by atoms with Crippen LogP contribution in [0.25, 0.3) is 0 Å². The van der Waals surface area contributed by atoms with Crippen LogP contribution in [0.3, 0.4) is 0 Å². The van der Waals surface area contributed by atoms with E-state index in [2.05, 4.69) is 16.7 Å². The standard InChI is InChI=1S/C21H17NO3S/c23-26(24,20-14-8-3-9-15-20)22-25-21(19-12-6-2-7-13-19)17-16-18-10-4-1-5-11-18/h1-15,21-22H. The quantitative estimate of drug-likeness (QED) is 0.556. The zero-order chi connectivity index (χ0) is 18.2. The van der Waals surface area contributed by atoms with Crippen LogP contribution >= 0.6 is 0 Å². The lowest BCUT2D eigenvalue weighted by molar-refractivity contribution is 0.0523. The Morgan fingerprint density at radius 3 is 1.92 bits per heavy atom. The van der Waals surface area contributed by atoms with Crippen molar-refractivity contribution in [1.82, 2.24) is 4.89 Å². The number of sulfonamides is 1. The first-order chi connectivity index (χ1) is 12.6. The summed E-state index contributed by atoms with van der Waals surface area (Å²) < 4.78 is 24.7. The van der Waals surface area contributed by atoms with Gasteiger partial charge in [-0.15, -0.1) is 0 Å². The van der Waals surface area contributed by atoms with Gasteiger partial charge in [-0.2, -0.15) is 0 Å². The Labute approximate surface area is 153 Å². The Morgan fingerprint density at radius 1 is 0.769 bits per heavy atom. The topological polar surface area (TPSA) is 55.4 Å². The van der Waals surface area contributed by atoms with Crippen LogP contribution in [0.4, 0.5) is 0 Å². The molecule has 1 N–H and O–H groups in total. The first-order valence-electron chi connectivity index (χ1n) is 7.99. The van der Waals surface area contributed by atoms with E-state index in [0.29, 0.717) is 0 Å². The molecule has 0 bridgehead atoms. The van der Waals surface area contributed by atoms with Crippen LogP contribution in [0.2, 0.25) is 0 Å². The molecule has 1 atom stereocenters. The van der Waals surface area contributed by atoms with Crippen molar-refractivity contribution in [3.8, 4) is 11.8 Å². The monoisotopic (exact) mass is 363 g/mol. The molecule has 5 heteroatoms. The van der Waals surface area contributed by atoms with Crippen molar-refractivity contribution in [2.24, 2.45) is 0 Å². The van der Waals surface area contributed by atoms with Gasteiger partial charge in [0.2, 0.25) is 0 Å². The Kier molecular flexibility index (Phi) is 5.82. The summed E-state index contributed by atoms with van der Waals surface area (Å²) in [5.74, 6) is 5.99. The van der Waals surface area contributed by atoms with Gasteiger partial charge in [0, 0.05) is 5.56 Å². The Bertz CT molecular complexity index is 993. The summed E-state index contributed by atoms with van der Waals surface area (Å²) in [5, 5.41) is 0. The average Bonchev–Trinajstić information content (AvgIpc) is 2.70. The number of rotatable bonds is 5. The molecule has 0 saturated carbocycles. The van der Waals surface area contributed by atoms with E-state index in [-0.39, 0.29) is 4.90 Å². The summed E-state index contributed by atoms with van der Waals surface area (Å²) in [4.78, 5) is 7.77. The Hall–Kier alpha value is -2.91. The molecular weight excluding hydrogens is 346 g/mol. The van der Waals surface area contributed by atoms with Gasteiger partial charge < -0.3 is 0 Å². The van der Waals surface area contributed by atoms with E-state index >= 15 is 0 Å². The molecule has 1 unspecified atom stereocenters. The highest BCUT2D eigenvalue weighted by Gasteiger charge is 2.17. The van der Waals surface area contributed by atoms with Crippen LogP contribution < -0.4 is 4.89 Å². The fourth-order valence-electron chi connectivity index (χ4n) is 2.24. The van der Waals surface area contributed by atoms with Gasteiger partial charge in [0.25, 0.3) is 10.0 Å². The summed E-state index contributed by atoms with van der Waals surface area (Å²) in [6.07, 6.45) is -0.741. The van der Waals surface area contributed by atoms with Gasteiger partial charge in [-0.3, -0.25) is 4.84 Å². The SMILES string of the molecule is O=S(=O)(NOC(C#Cc1ccccc1)c1ccccc1)c1ccccc1. The molecule has 0 aromatic heterocycles. The van der Waals surface area contributed by atoms with Gasteiger partial charge in [-0.1, -0.05) is 83.5 Å². The molecule has 0 aliphatic carbocycles. The maximum Gasteiger partial charge on any atom is 0.262 e. The minimum absolute atomic E-state index is 0.128. The average molecular weight is 363 g/mol. The summed E-state index contributed by atoms with van der Waals surface area (Å²) >= 11 is 0. The van der Waals surface area contributed by atoms with Gasteiger partial charge >= 0.3 is 0 Å². The van der Waals surface area contributed by atoms with E-state index in [1.807, 2.05) is 60.7 Å². The van der Waals surface area contributed by atoms with Crippen molar-refractivity contribution >= 4 is 10.0 Å². The van der Waals surface area contributed by atoms with Gasteiger partial charge in [-0.05, 0) is 29.8 Å². The van der Waals surface area contributed by atoms with Crippen molar-refractivity contribution in [2.45, 2.75) is 11.0 Å². The predicted molar refractivity (Wildman–Crippen MR) is 100 cm³/mol. The van der Waals surface area contributed by atoms with Crippen LogP contribution in [-0.2, 0) is 14.9 Å². The minimum atomic E-state index is -3.79. The lowest BCUT2D eigenvalue weighted by atomic mass is 10.1. The van der Waals surface area contributed by atoms with Crippen molar-refractivity contribution in [3.63, 3.8) is 0 Å². The first-order valence-corrected chi connectivity index (χ1v) is 9.47. The summed E-state index contributed by atoms with van der Waals surface area (Å²) in [6, 6.07) is 26.7. The molecule has 0 heterocycles. The van der Waals surface area contributed by atoms with Gasteiger partial charge in [-0.25, -0.2) is 8.42 Å². The van der Waals surface area contributed by atoms with Crippen molar-refractivity contribution in [3.05, 3.63) is 102 Å². The van der Waals surface area contributed by atoms with E-state index < -0.39 is 16.1 Å². The maximum absolute atomic E-state index is 12.4. The molecule has 0 amide bonds. The van der Waals surface area contributed by atoms with Gasteiger partial charge in [0.05, 0.1) is 4.90 Å². The number of nitrogens with one attached hydrogen (secondary N) is 1. The number of hydrogen-bond acceptors (Lipinski definition) is 3. The highest BCUT2D eigenvalue weighted by Crippen LogP contribution is 2.17. The second-order valence-corrected chi connectivity index (χ2v) is 7.09. The normalized spacial score (nSPS) is 12.0. The van der Waals surface area contributed by atoms with Crippen LogP contribution in [0.1, 0.15) is 17.2 Å². The number of hydrogen-bond donors (Lipinski definition) is 1. The molecule has 3 aromatic carbocycles. The lowest BCUT2D eigenvalue weighted by Gasteiger charge is -2.13. The summed E-state index contributed by atoms with van der Waals surface area (Å²) in [5.41, 5.74) is 1.58. The van der Waals surface area contributed by atoms with E-state index in [1.54, 1.807) is 18.2 Å². The van der Waals surface area contributed by atoms with Gasteiger partial charge in [0.15, 0.2) is 6.10 Å². The molecule has 0 fully saturated rings. The fourth-order valence-corrected chi connectivity index (χ4v) is 3.07. The van der Waals surface area contributed by atoms with Crippen LogP contribution in [0.15, 0.2) is 95.9 Å². The second kappa shape index (κ2) is 8.45. The molecule has 3 rings (SSSR count). The molecular formula is C21H17NO3S. The third-order valence-corrected chi connectivity index (χ3v) is 4.76. The fraction of sp³-hybridized carbons (Fsp3) is 0.0476. The van der Waals surface area contributed by atoms with E-state index in [0.717, 1.165) is 11.1 Å². The Morgan fingerprint density at radius 2 is 1.31 bits per heavy atom. The van der Waals surface area contributed by atoms with Crippen molar-refractivity contribution < 1.29 is 13.3 Å². The van der Waals surface area contributed by atoms with Crippen LogP contribution in [-0.4, -0.2) is 8.42 Å². The zero-order valence-electron chi connectivity index (χ0n) is 13.9. The molecule has 0 saturated heterocycles. The molecule has 130 valence electrons. The zero-order valence-corrected chi connectivity index (χ0v) is 14.7.